The van der Waals surface area contributed by atoms with Crippen LogP contribution in [0.15, 0.2) is 12.1 Å². The van der Waals surface area contributed by atoms with Crippen molar-refractivity contribution in [2.45, 2.75) is 26.2 Å². The molecule has 0 saturated heterocycles. The van der Waals surface area contributed by atoms with Crippen molar-refractivity contribution in [3.63, 3.8) is 0 Å². The van der Waals surface area contributed by atoms with E-state index in [0.29, 0.717) is 10.8 Å². The summed E-state index contributed by atoms with van der Waals surface area (Å²) in [6, 6.07) is 3.78. The lowest BCUT2D eigenvalue weighted by atomic mass is 9.85. The van der Waals surface area contributed by atoms with Gasteiger partial charge in [-0.25, -0.2) is 0 Å². The molecule has 0 unspecified atom stereocenters. The number of rotatable bonds is 3. The molecule has 0 fully saturated rings. The molecule has 1 aromatic rings. The fraction of sp³-hybridized carbons (Fsp3) is 0.417. The lowest BCUT2D eigenvalue weighted by Gasteiger charge is -2.22. The highest BCUT2D eigenvalue weighted by Crippen LogP contribution is 2.37. The van der Waals surface area contributed by atoms with E-state index >= 15 is 0 Å². The number of methoxy groups -OCH3 is 1. The number of ether oxygens (including phenoxy) is 1. The third-order valence-corrected chi connectivity index (χ3v) is 2.95. The molecule has 1 aromatic carbocycles. The van der Waals surface area contributed by atoms with Crippen LogP contribution in [0.2, 0.25) is 5.02 Å². The highest BCUT2D eigenvalue weighted by Gasteiger charge is 2.25. The minimum atomic E-state index is -0.581. The van der Waals surface area contributed by atoms with Crippen LogP contribution in [0.25, 0.3) is 0 Å². The summed E-state index contributed by atoms with van der Waals surface area (Å²) in [6.45, 7) is 5.58. The van der Waals surface area contributed by atoms with E-state index in [9.17, 15) is 4.79 Å². The molecule has 82 valence electrons. The van der Waals surface area contributed by atoms with Gasteiger partial charge in [0, 0.05) is 11.0 Å². The van der Waals surface area contributed by atoms with Gasteiger partial charge in [0.15, 0.2) is 0 Å². The second-order valence-corrected chi connectivity index (χ2v) is 4.49. The van der Waals surface area contributed by atoms with E-state index in [1.165, 1.54) is 0 Å². The van der Waals surface area contributed by atoms with Crippen molar-refractivity contribution in [3.05, 3.63) is 28.3 Å². The van der Waals surface area contributed by atoms with Gasteiger partial charge in [0.25, 0.3) is 0 Å². The van der Waals surface area contributed by atoms with E-state index in [-0.39, 0.29) is 0 Å². The van der Waals surface area contributed by atoms with Crippen LogP contribution in [0, 0.1) is 6.92 Å². The van der Waals surface area contributed by atoms with Gasteiger partial charge in [-0.2, -0.15) is 0 Å². The number of hydrogen-bond donors (Lipinski definition) is 0. The second kappa shape index (κ2) is 4.23. The maximum atomic E-state index is 11.0. The summed E-state index contributed by atoms with van der Waals surface area (Å²) in [5.41, 5.74) is 1.18. The molecule has 0 N–H and O–H groups in total. The third kappa shape index (κ3) is 2.15. The molecule has 0 aromatic heterocycles. The molecule has 15 heavy (non-hydrogen) atoms. The van der Waals surface area contributed by atoms with E-state index in [0.717, 1.165) is 17.4 Å². The maximum absolute atomic E-state index is 11.0. The molecule has 3 heteroatoms. The summed E-state index contributed by atoms with van der Waals surface area (Å²) in [5, 5.41) is 0.574. The smallest absolute Gasteiger partial charge is 0.141 e. The standard InChI is InChI=1S/C12H15ClO2/c1-8-5-6-9(12(2,3)7-14)11(15-4)10(8)13/h5-7H,1-4H3. The Labute approximate surface area is 95.2 Å². The molecule has 0 heterocycles. The summed E-state index contributed by atoms with van der Waals surface area (Å²) in [5.74, 6) is 0.591. The summed E-state index contributed by atoms with van der Waals surface area (Å²) in [7, 11) is 1.56. The highest BCUT2D eigenvalue weighted by molar-refractivity contribution is 6.33. The Morgan fingerprint density at radius 2 is 2.00 bits per heavy atom. The first-order valence-corrected chi connectivity index (χ1v) is 5.11. The predicted molar refractivity (Wildman–Crippen MR) is 61.8 cm³/mol. The molecule has 0 spiro atoms. The molecule has 0 radical (unpaired) electrons. The third-order valence-electron chi connectivity index (χ3n) is 2.48. The average Bonchev–Trinajstić information content (AvgIpc) is 2.21. The van der Waals surface area contributed by atoms with Gasteiger partial charge in [-0.05, 0) is 26.3 Å². The molecular weight excluding hydrogens is 212 g/mol. The summed E-state index contributed by atoms with van der Waals surface area (Å²) >= 11 is 6.12. The molecule has 0 atom stereocenters. The Hall–Kier alpha value is -1.02. The monoisotopic (exact) mass is 226 g/mol. The Kier molecular flexibility index (Phi) is 3.40. The van der Waals surface area contributed by atoms with Crippen molar-refractivity contribution >= 4 is 17.9 Å². The fourth-order valence-electron chi connectivity index (χ4n) is 1.42. The van der Waals surface area contributed by atoms with Crippen molar-refractivity contribution in [2.75, 3.05) is 7.11 Å². The van der Waals surface area contributed by atoms with Crippen molar-refractivity contribution in [2.24, 2.45) is 0 Å². The first-order chi connectivity index (χ1) is 6.94. The molecule has 1 rings (SSSR count). The SMILES string of the molecule is COc1c(C(C)(C)C=O)ccc(C)c1Cl. The van der Waals surface area contributed by atoms with E-state index < -0.39 is 5.41 Å². The van der Waals surface area contributed by atoms with Gasteiger partial charge >= 0.3 is 0 Å². The van der Waals surface area contributed by atoms with Gasteiger partial charge in [-0.15, -0.1) is 0 Å². The lowest BCUT2D eigenvalue weighted by Crippen LogP contribution is -2.20. The molecule has 0 amide bonds. The van der Waals surface area contributed by atoms with Crippen molar-refractivity contribution in [1.82, 2.24) is 0 Å². The van der Waals surface area contributed by atoms with Crippen LogP contribution < -0.4 is 4.74 Å². The van der Waals surface area contributed by atoms with Crippen LogP contribution in [-0.2, 0) is 10.2 Å². The summed E-state index contributed by atoms with van der Waals surface area (Å²) < 4.78 is 5.25. The van der Waals surface area contributed by atoms with Gasteiger partial charge in [0.2, 0.25) is 0 Å². The van der Waals surface area contributed by atoms with E-state index in [1.54, 1.807) is 7.11 Å². The van der Waals surface area contributed by atoms with Gasteiger partial charge in [0.1, 0.15) is 12.0 Å². The minimum Gasteiger partial charge on any atom is -0.495 e. The first kappa shape index (κ1) is 12.1. The number of hydrogen-bond acceptors (Lipinski definition) is 2. The Morgan fingerprint density at radius 3 is 2.47 bits per heavy atom. The number of carbonyl (C=O) groups is 1. The predicted octanol–water partition coefficient (Wildman–Crippen LogP) is 3.13. The van der Waals surface area contributed by atoms with E-state index in [4.69, 9.17) is 16.3 Å². The van der Waals surface area contributed by atoms with Crippen LogP contribution in [0.5, 0.6) is 5.75 Å². The zero-order valence-corrected chi connectivity index (χ0v) is 10.2. The minimum absolute atomic E-state index is 0.574. The highest BCUT2D eigenvalue weighted by atomic mass is 35.5. The van der Waals surface area contributed by atoms with Gasteiger partial charge in [0.05, 0.1) is 12.1 Å². The number of benzene rings is 1. The summed E-state index contributed by atoms with van der Waals surface area (Å²) in [4.78, 5) is 11.0. The number of carbonyl (C=O) groups excluding carboxylic acids is 1. The molecule has 0 saturated carbocycles. The second-order valence-electron chi connectivity index (χ2n) is 4.12. The topological polar surface area (TPSA) is 26.3 Å². The van der Waals surface area contributed by atoms with Crippen molar-refractivity contribution in [1.29, 1.82) is 0 Å². The maximum Gasteiger partial charge on any atom is 0.141 e. The first-order valence-electron chi connectivity index (χ1n) is 4.74. The number of halogens is 1. The van der Waals surface area contributed by atoms with Crippen LogP contribution in [0.3, 0.4) is 0 Å². The Balaban J connectivity index is 3.43. The number of aldehydes is 1. The van der Waals surface area contributed by atoms with Gasteiger partial charge < -0.3 is 9.53 Å². The lowest BCUT2D eigenvalue weighted by molar-refractivity contribution is -0.111. The zero-order valence-electron chi connectivity index (χ0n) is 9.43. The van der Waals surface area contributed by atoms with Crippen molar-refractivity contribution < 1.29 is 9.53 Å². The van der Waals surface area contributed by atoms with E-state index in [1.807, 2.05) is 32.9 Å². The van der Waals surface area contributed by atoms with Gasteiger partial charge in [-0.1, -0.05) is 23.7 Å². The van der Waals surface area contributed by atoms with Crippen LogP contribution in [-0.4, -0.2) is 13.4 Å². The molecular formula is C12H15ClO2. The van der Waals surface area contributed by atoms with Crippen LogP contribution >= 0.6 is 11.6 Å². The largest absolute Gasteiger partial charge is 0.495 e. The Morgan fingerprint density at radius 1 is 1.40 bits per heavy atom. The molecule has 0 aliphatic carbocycles. The average molecular weight is 227 g/mol. The van der Waals surface area contributed by atoms with Crippen LogP contribution in [0.1, 0.15) is 25.0 Å². The fourth-order valence-corrected chi connectivity index (χ4v) is 1.67. The molecule has 2 nitrogen and oxygen atoms in total. The van der Waals surface area contributed by atoms with E-state index in [2.05, 4.69) is 0 Å². The molecule has 0 bridgehead atoms. The summed E-state index contributed by atoms with van der Waals surface area (Å²) in [6.07, 6.45) is 0.899. The number of aryl methyl sites for hydroxylation is 1. The van der Waals surface area contributed by atoms with Crippen LogP contribution in [0.4, 0.5) is 0 Å². The quantitative estimate of drug-likeness (QED) is 0.741. The normalized spacial score (nSPS) is 11.3. The van der Waals surface area contributed by atoms with Gasteiger partial charge in [-0.3, -0.25) is 0 Å². The molecule has 0 aliphatic rings. The van der Waals surface area contributed by atoms with Crippen molar-refractivity contribution in [3.8, 4) is 5.75 Å². The molecule has 0 aliphatic heterocycles. The zero-order chi connectivity index (χ0) is 11.6. The Bertz CT molecular complexity index is 383.